The Morgan fingerprint density at radius 1 is 1.23 bits per heavy atom. The van der Waals surface area contributed by atoms with Crippen LogP contribution in [0.25, 0.3) is 0 Å². The number of nitrogens with two attached hydrogens (primary N) is 1. The molecule has 0 aromatic heterocycles. The van der Waals surface area contributed by atoms with Gasteiger partial charge in [0, 0.05) is 4.47 Å². The lowest BCUT2D eigenvalue weighted by atomic mass is 10.0. The van der Waals surface area contributed by atoms with Gasteiger partial charge in [-0.2, -0.15) is 0 Å². The lowest BCUT2D eigenvalue weighted by Crippen LogP contribution is -2.52. The van der Waals surface area contributed by atoms with E-state index in [0.717, 1.165) is 4.47 Å². The maximum Gasteiger partial charge on any atom is 0.312 e. The summed E-state index contributed by atoms with van der Waals surface area (Å²) < 4.78 is 0.741. The quantitative estimate of drug-likeness (QED) is 0.603. The molecular formula is C14H19BrN4O3. The van der Waals surface area contributed by atoms with Gasteiger partial charge in [-0.1, -0.05) is 26.0 Å². The van der Waals surface area contributed by atoms with Crippen molar-refractivity contribution in [3.8, 4) is 0 Å². The lowest BCUT2D eigenvalue weighted by Gasteiger charge is -2.20. The Kier molecular flexibility index (Phi) is 6.84. The highest BCUT2D eigenvalue weighted by molar-refractivity contribution is 9.10. The first kappa shape index (κ1) is 18.0. The number of rotatable bonds is 6. The summed E-state index contributed by atoms with van der Waals surface area (Å²) in [6.45, 7) is 3.33. The average Bonchev–Trinajstić information content (AvgIpc) is 2.44. The maximum atomic E-state index is 12.0. The number of hydrogen-bond donors (Lipinski definition) is 4. The second kappa shape index (κ2) is 8.38. The molecule has 0 heterocycles. The molecule has 4 amide bonds. The molecule has 0 aliphatic rings. The first-order valence-corrected chi connectivity index (χ1v) is 7.48. The molecule has 1 aromatic rings. The molecule has 1 atom stereocenters. The van der Waals surface area contributed by atoms with Crippen LogP contribution < -0.4 is 21.7 Å². The van der Waals surface area contributed by atoms with Crippen LogP contribution in [0, 0.1) is 5.92 Å². The number of carbonyl (C=O) groups excluding carboxylic acids is 3. The Balaban J connectivity index is 2.53. The third kappa shape index (κ3) is 5.72. The van der Waals surface area contributed by atoms with E-state index < -0.39 is 18.0 Å². The maximum absolute atomic E-state index is 12.0. The molecule has 5 N–H and O–H groups in total. The fourth-order valence-corrected chi connectivity index (χ4v) is 2.11. The molecule has 120 valence electrons. The van der Waals surface area contributed by atoms with Crippen molar-refractivity contribution >= 4 is 39.5 Å². The minimum absolute atomic E-state index is 0.154. The minimum atomic E-state index is -0.786. The second-order valence-corrected chi connectivity index (χ2v) is 5.83. The van der Waals surface area contributed by atoms with Gasteiger partial charge in [0.15, 0.2) is 0 Å². The predicted molar refractivity (Wildman–Crippen MR) is 87.1 cm³/mol. The van der Waals surface area contributed by atoms with Gasteiger partial charge in [0.05, 0.1) is 12.2 Å². The molecule has 0 bridgehead atoms. The molecule has 0 fully saturated rings. The smallest absolute Gasteiger partial charge is 0.312 e. The van der Waals surface area contributed by atoms with E-state index in [4.69, 9.17) is 5.73 Å². The molecule has 1 aromatic carbocycles. The highest BCUT2D eigenvalue weighted by atomic mass is 79.9. The number of anilines is 1. The molecule has 0 radical (unpaired) electrons. The van der Waals surface area contributed by atoms with Gasteiger partial charge in [0.1, 0.15) is 6.04 Å². The van der Waals surface area contributed by atoms with E-state index in [1.54, 1.807) is 32.0 Å². The standard InChI is InChI=1S/C14H19BrN4O3/c1-8(2)12(19-14(16)22)13(21)17-7-11(20)18-10-6-4-3-5-9(10)15/h3-6,8,12H,7H2,1-2H3,(H,17,21)(H,18,20)(H3,16,19,22)/t12-/m0/s1. The molecule has 0 spiro atoms. The number of benzene rings is 1. The first-order chi connectivity index (χ1) is 10.3. The van der Waals surface area contributed by atoms with Crippen molar-refractivity contribution in [2.24, 2.45) is 11.7 Å². The van der Waals surface area contributed by atoms with Gasteiger partial charge in [0.2, 0.25) is 11.8 Å². The summed E-state index contributed by atoms with van der Waals surface area (Å²) >= 11 is 3.31. The van der Waals surface area contributed by atoms with E-state index in [0.29, 0.717) is 5.69 Å². The zero-order valence-corrected chi connectivity index (χ0v) is 13.9. The number of amides is 4. The molecule has 0 aliphatic carbocycles. The van der Waals surface area contributed by atoms with Crippen molar-refractivity contribution < 1.29 is 14.4 Å². The van der Waals surface area contributed by atoms with Crippen LogP contribution in [0.2, 0.25) is 0 Å². The molecule has 0 aliphatic heterocycles. The van der Waals surface area contributed by atoms with Crippen LogP contribution in [-0.2, 0) is 9.59 Å². The number of carbonyl (C=O) groups is 3. The Hall–Kier alpha value is -2.09. The summed E-state index contributed by atoms with van der Waals surface area (Å²) in [7, 11) is 0. The summed E-state index contributed by atoms with van der Waals surface area (Å²) in [6, 6.07) is 5.56. The molecule has 8 heteroatoms. The molecular weight excluding hydrogens is 352 g/mol. The van der Waals surface area contributed by atoms with Gasteiger partial charge >= 0.3 is 6.03 Å². The van der Waals surface area contributed by atoms with E-state index in [-0.39, 0.29) is 18.4 Å². The number of para-hydroxylation sites is 1. The van der Waals surface area contributed by atoms with Gasteiger partial charge in [-0.15, -0.1) is 0 Å². The van der Waals surface area contributed by atoms with E-state index in [9.17, 15) is 14.4 Å². The normalized spacial score (nSPS) is 11.6. The van der Waals surface area contributed by atoms with Crippen LogP contribution in [0.15, 0.2) is 28.7 Å². The predicted octanol–water partition coefficient (Wildman–Crippen LogP) is 1.20. The van der Waals surface area contributed by atoms with Crippen molar-refractivity contribution in [3.63, 3.8) is 0 Å². The van der Waals surface area contributed by atoms with Crippen molar-refractivity contribution in [2.75, 3.05) is 11.9 Å². The number of urea groups is 1. The van der Waals surface area contributed by atoms with Crippen LogP contribution in [0.5, 0.6) is 0 Å². The summed E-state index contributed by atoms with van der Waals surface area (Å²) in [6.07, 6.45) is 0. The van der Waals surface area contributed by atoms with Crippen LogP contribution in [0.1, 0.15) is 13.8 Å². The number of primary amides is 1. The summed E-state index contributed by atoms with van der Waals surface area (Å²) in [5, 5.41) is 7.48. The lowest BCUT2D eigenvalue weighted by molar-refractivity contribution is -0.126. The molecule has 22 heavy (non-hydrogen) atoms. The van der Waals surface area contributed by atoms with Gasteiger partial charge < -0.3 is 21.7 Å². The van der Waals surface area contributed by atoms with Crippen molar-refractivity contribution in [2.45, 2.75) is 19.9 Å². The Morgan fingerprint density at radius 2 is 1.86 bits per heavy atom. The zero-order valence-electron chi connectivity index (χ0n) is 12.4. The molecule has 0 unspecified atom stereocenters. The minimum Gasteiger partial charge on any atom is -0.352 e. The summed E-state index contributed by atoms with van der Waals surface area (Å²) in [5.74, 6) is -0.989. The van der Waals surface area contributed by atoms with E-state index >= 15 is 0 Å². The van der Waals surface area contributed by atoms with Crippen molar-refractivity contribution in [3.05, 3.63) is 28.7 Å². The largest absolute Gasteiger partial charge is 0.352 e. The second-order valence-electron chi connectivity index (χ2n) is 4.98. The Morgan fingerprint density at radius 3 is 2.41 bits per heavy atom. The number of nitrogens with one attached hydrogen (secondary N) is 3. The molecule has 0 saturated heterocycles. The summed E-state index contributed by atoms with van der Waals surface area (Å²) in [5.41, 5.74) is 5.64. The molecule has 0 saturated carbocycles. The highest BCUT2D eigenvalue weighted by Gasteiger charge is 2.23. The monoisotopic (exact) mass is 370 g/mol. The third-order valence-electron chi connectivity index (χ3n) is 2.82. The van der Waals surface area contributed by atoms with Crippen LogP contribution in [0.4, 0.5) is 10.5 Å². The van der Waals surface area contributed by atoms with E-state index in [2.05, 4.69) is 31.9 Å². The SMILES string of the molecule is CC(C)[C@H](NC(N)=O)C(=O)NCC(=O)Nc1ccccc1Br. The Bertz CT molecular complexity index is 563. The number of halogens is 1. The highest BCUT2D eigenvalue weighted by Crippen LogP contribution is 2.20. The summed E-state index contributed by atoms with van der Waals surface area (Å²) in [4.78, 5) is 34.7. The third-order valence-corrected chi connectivity index (χ3v) is 3.51. The van der Waals surface area contributed by atoms with Crippen molar-refractivity contribution in [1.82, 2.24) is 10.6 Å². The van der Waals surface area contributed by atoms with Gasteiger partial charge in [0.25, 0.3) is 0 Å². The average molecular weight is 371 g/mol. The Labute approximate surface area is 137 Å². The fourth-order valence-electron chi connectivity index (χ4n) is 1.72. The van der Waals surface area contributed by atoms with Crippen LogP contribution in [-0.4, -0.2) is 30.4 Å². The fraction of sp³-hybridized carbons (Fsp3) is 0.357. The van der Waals surface area contributed by atoms with Crippen LogP contribution >= 0.6 is 15.9 Å². The first-order valence-electron chi connectivity index (χ1n) is 6.69. The topological polar surface area (TPSA) is 113 Å². The van der Waals surface area contributed by atoms with Gasteiger partial charge in [-0.25, -0.2) is 4.79 Å². The molecule has 7 nitrogen and oxygen atoms in total. The van der Waals surface area contributed by atoms with E-state index in [1.165, 1.54) is 0 Å². The van der Waals surface area contributed by atoms with Gasteiger partial charge in [-0.05, 0) is 34.0 Å². The van der Waals surface area contributed by atoms with E-state index in [1.807, 2.05) is 6.07 Å². The van der Waals surface area contributed by atoms with Crippen molar-refractivity contribution in [1.29, 1.82) is 0 Å². The van der Waals surface area contributed by atoms with Crippen LogP contribution in [0.3, 0.4) is 0 Å². The number of hydrogen-bond acceptors (Lipinski definition) is 3. The van der Waals surface area contributed by atoms with Gasteiger partial charge in [-0.3, -0.25) is 9.59 Å². The zero-order chi connectivity index (χ0) is 16.7. The molecule has 1 rings (SSSR count).